The molecule has 0 aliphatic carbocycles. The van der Waals surface area contributed by atoms with Gasteiger partial charge in [-0.3, -0.25) is 19.4 Å². The number of piperazine rings is 1. The van der Waals surface area contributed by atoms with Gasteiger partial charge < -0.3 is 15.1 Å². The Bertz CT molecular complexity index is 1250. The highest BCUT2D eigenvalue weighted by atomic mass is 35.5. The van der Waals surface area contributed by atoms with Crippen molar-refractivity contribution in [3.63, 3.8) is 0 Å². The maximum Gasteiger partial charge on any atom is 0.261 e. The maximum atomic E-state index is 13.5. The van der Waals surface area contributed by atoms with Crippen LogP contribution in [-0.4, -0.2) is 53.7 Å². The van der Waals surface area contributed by atoms with E-state index in [-0.39, 0.29) is 17.3 Å². The first-order chi connectivity index (χ1) is 16.9. The summed E-state index contributed by atoms with van der Waals surface area (Å²) in [6, 6.07) is 17.9. The third kappa shape index (κ3) is 5.94. The van der Waals surface area contributed by atoms with Gasteiger partial charge in [-0.1, -0.05) is 29.8 Å². The van der Waals surface area contributed by atoms with Crippen molar-refractivity contribution in [1.29, 1.82) is 0 Å². The first kappa shape index (κ1) is 24.2. The van der Waals surface area contributed by atoms with E-state index in [1.165, 1.54) is 6.92 Å². The van der Waals surface area contributed by atoms with Crippen LogP contribution in [0.2, 0.25) is 5.02 Å². The normalized spacial score (nSPS) is 13.9. The van der Waals surface area contributed by atoms with E-state index in [9.17, 15) is 14.4 Å². The Hall–Kier alpha value is -3.97. The second-order valence-corrected chi connectivity index (χ2v) is 8.57. The van der Waals surface area contributed by atoms with Crippen LogP contribution in [0.15, 0.2) is 78.6 Å². The Balaban J connectivity index is 1.50. The summed E-state index contributed by atoms with van der Waals surface area (Å²) in [7, 11) is 0. The summed E-state index contributed by atoms with van der Waals surface area (Å²) in [5.74, 6) is -0.867. The van der Waals surface area contributed by atoms with Gasteiger partial charge in [0.1, 0.15) is 5.57 Å². The number of hydrogen-bond donors (Lipinski definition) is 1. The monoisotopic (exact) mass is 488 g/mol. The molecule has 0 saturated carbocycles. The van der Waals surface area contributed by atoms with Gasteiger partial charge >= 0.3 is 0 Å². The number of nitrogens with zero attached hydrogens (tertiary/aromatic N) is 3. The largest absolute Gasteiger partial charge is 0.368 e. The van der Waals surface area contributed by atoms with Crippen LogP contribution in [0.5, 0.6) is 0 Å². The summed E-state index contributed by atoms with van der Waals surface area (Å²) in [6.45, 7) is 3.67. The number of ketones is 1. The predicted octanol–water partition coefficient (Wildman–Crippen LogP) is 4.31. The topological polar surface area (TPSA) is 82.6 Å². The number of carbonyl (C=O) groups excluding carboxylic acids is 3. The van der Waals surface area contributed by atoms with Gasteiger partial charge in [0.25, 0.3) is 11.8 Å². The van der Waals surface area contributed by atoms with E-state index < -0.39 is 5.91 Å². The fourth-order valence-corrected chi connectivity index (χ4v) is 4.03. The number of pyridine rings is 1. The van der Waals surface area contributed by atoms with E-state index in [0.29, 0.717) is 48.0 Å². The van der Waals surface area contributed by atoms with E-state index in [2.05, 4.69) is 15.2 Å². The quantitative estimate of drug-likeness (QED) is 0.242. The zero-order valence-corrected chi connectivity index (χ0v) is 20.0. The number of halogens is 1. The minimum atomic E-state index is -0.533. The van der Waals surface area contributed by atoms with Gasteiger partial charge in [-0.25, -0.2) is 0 Å². The van der Waals surface area contributed by atoms with E-state index in [0.717, 1.165) is 5.69 Å². The average molecular weight is 489 g/mol. The van der Waals surface area contributed by atoms with Gasteiger partial charge in [-0.15, -0.1) is 0 Å². The minimum Gasteiger partial charge on any atom is -0.368 e. The highest BCUT2D eigenvalue weighted by molar-refractivity contribution is 6.34. The van der Waals surface area contributed by atoms with Gasteiger partial charge in [0.05, 0.1) is 10.7 Å². The second kappa shape index (κ2) is 11.0. The van der Waals surface area contributed by atoms with Gasteiger partial charge in [0.2, 0.25) is 0 Å². The van der Waals surface area contributed by atoms with Crippen molar-refractivity contribution in [2.75, 3.05) is 36.4 Å². The van der Waals surface area contributed by atoms with E-state index in [4.69, 9.17) is 11.6 Å². The molecule has 0 atom stereocenters. The number of anilines is 2. The molecule has 1 aliphatic rings. The van der Waals surface area contributed by atoms with Crippen molar-refractivity contribution in [3.8, 4) is 0 Å². The molecule has 2 aromatic carbocycles. The van der Waals surface area contributed by atoms with Crippen molar-refractivity contribution in [2.24, 2.45) is 0 Å². The Morgan fingerprint density at radius 2 is 1.66 bits per heavy atom. The van der Waals surface area contributed by atoms with Crippen molar-refractivity contribution >= 4 is 46.6 Å². The van der Waals surface area contributed by atoms with Crippen LogP contribution < -0.4 is 10.2 Å². The molecule has 8 heteroatoms. The third-order valence-electron chi connectivity index (χ3n) is 5.80. The lowest BCUT2D eigenvalue weighted by Crippen LogP contribution is -2.50. The molecular formula is C27H25ClN4O3. The maximum absolute atomic E-state index is 13.5. The van der Waals surface area contributed by atoms with Gasteiger partial charge in [-0.05, 0) is 61.0 Å². The smallest absolute Gasteiger partial charge is 0.261 e. The first-order valence-corrected chi connectivity index (χ1v) is 11.6. The Labute approximate surface area is 209 Å². The molecule has 3 aromatic rings. The number of carbonyl (C=O) groups is 3. The summed E-state index contributed by atoms with van der Waals surface area (Å²) in [5, 5.41) is 3.14. The summed E-state index contributed by atoms with van der Waals surface area (Å²) >= 11 is 6.20. The molecule has 0 radical (unpaired) electrons. The zero-order chi connectivity index (χ0) is 24.8. The number of rotatable bonds is 6. The Morgan fingerprint density at radius 1 is 0.943 bits per heavy atom. The summed E-state index contributed by atoms with van der Waals surface area (Å²) in [4.78, 5) is 46.1. The number of Topliss-reactive ketones (excluding diaryl/α,β-unsaturated/α-hetero) is 1. The molecule has 0 bridgehead atoms. The lowest BCUT2D eigenvalue weighted by molar-refractivity contribution is -0.129. The molecule has 7 nitrogen and oxygen atoms in total. The van der Waals surface area contributed by atoms with Crippen LogP contribution in [-0.2, 0) is 9.59 Å². The number of para-hydroxylation sites is 1. The van der Waals surface area contributed by atoms with E-state index in [1.54, 1.807) is 59.8 Å². The van der Waals surface area contributed by atoms with E-state index in [1.807, 2.05) is 24.3 Å². The fraction of sp³-hybridized carbons (Fsp3) is 0.185. The average Bonchev–Trinajstić information content (AvgIpc) is 2.89. The van der Waals surface area contributed by atoms with Crippen molar-refractivity contribution in [3.05, 3.63) is 94.8 Å². The van der Waals surface area contributed by atoms with Crippen molar-refractivity contribution < 1.29 is 14.4 Å². The van der Waals surface area contributed by atoms with Crippen LogP contribution in [0.1, 0.15) is 22.8 Å². The SMILES string of the molecule is CC(=O)c1ccc(N2CCN(C(=O)/C(=C/c3cccnc3)C(=O)Nc3ccccc3Cl)CC2)cc1. The molecule has 1 saturated heterocycles. The van der Waals surface area contributed by atoms with Crippen LogP contribution in [0, 0.1) is 0 Å². The van der Waals surface area contributed by atoms with Crippen molar-refractivity contribution in [2.45, 2.75) is 6.92 Å². The molecule has 1 fully saturated rings. The summed E-state index contributed by atoms with van der Waals surface area (Å²) < 4.78 is 0. The van der Waals surface area contributed by atoms with Crippen LogP contribution in [0.25, 0.3) is 6.08 Å². The third-order valence-corrected chi connectivity index (χ3v) is 6.13. The Morgan fingerprint density at radius 3 is 2.29 bits per heavy atom. The van der Waals surface area contributed by atoms with Crippen LogP contribution >= 0.6 is 11.6 Å². The fourth-order valence-electron chi connectivity index (χ4n) is 3.85. The molecule has 1 aromatic heterocycles. The molecule has 1 aliphatic heterocycles. The highest BCUT2D eigenvalue weighted by Crippen LogP contribution is 2.23. The Kier molecular flexibility index (Phi) is 7.57. The zero-order valence-electron chi connectivity index (χ0n) is 19.3. The molecule has 35 heavy (non-hydrogen) atoms. The molecule has 2 amide bonds. The molecule has 4 rings (SSSR count). The van der Waals surface area contributed by atoms with Gasteiger partial charge in [-0.2, -0.15) is 0 Å². The lowest BCUT2D eigenvalue weighted by atomic mass is 10.1. The number of nitrogens with one attached hydrogen (secondary N) is 1. The standard InChI is InChI=1S/C27H25ClN4O3/c1-19(33)21-8-10-22(11-9-21)31-13-15-32(16-14-31)27(35)23(17-20-5-4-12-29-18-20)26(34)30-25-7-3-2-6-24(25)28/h2-12,17-18H,13-16H2,1H3,(H,30,34)/b23-17+. The molecule has 178 valence electrons. The van der Waals surface area contributed by atoms with Gasteiger partial charge in [0, 0.05) is 49.8 Å². The van der Waals surface area contributed by atoms with Gasteiger partial charge in [0.15, 0.2) is 5.78 Å². The minimum absolute atomic E-state index is 0.0113. The van der Waals surface area contributed by atoms with Crippen molar-refractivity contribution in [1.82, 2.24) is 9.88 Å². The summed E-state index contributed by atoms with van der Waals surface area (Å²) in [5.41, 5.74) is 2.75. The summed E-state index contributed by atoms with van der Waals surface area (Å²) in [6.07, 6.45) is 4.78. The molecule has 1 N–H and O–H groups in total. The number of benzene rings is 2. The predicted molar refractivity (Wildman–Crippen MR) is 138 cm³/mol. The van der Waals surface area contributed by atoms with Crippen LogP contribution in [0.3, 0.4) is 0 Å². The number of amides is 2. The molecule has 0 unspecified atom stereocenters. The lowest BCUT2D eigenvalue weighted by Gasteiger charge is -2.36. The molecular weight excluding hydrogens is 464 g/mol. The molecule has 2 heterocycles. The number of hydrogen-bond acceptors (Lipinski definition) is 5. The van der Waals surface area contributed by atoms with Crippen LogP contribution in [0.4, 0.5) is 11.4 Å². The second-order valence-electron chi connectivity index (χ2n) is 8.16. The first-order valence-electron chi connectivity index (χ1n) is 11.2. The highest BCUT2D eigenvalue weighted by Gasteiger charge is 2.28. The van der Waals surface area contributed by atoms with E-state index >= 15 is 0 Å². The molecule has 0 spiro atoms. The number of aromatic nitrogens is 1.